The molecule has 27 heavy (non-hydrogen) atoms. The third-order valence-corrected chi connectivity index (χ3v) is 4.95. The zero-order valence-corrected chi connectivity index (χ0v) is 15.4. The van der Waals surface area contributed by atoms with Crippen LogP contribution in [-0.2, 0) is 14.3 Å². The van der Waals surface area contributed by atoms with Gasteiger partial charge < -0.3 is 10.1 Å². The Kier molecular flexibility index (Phi) is 5.39. The number of hydrogen-bond acceptors (Lipinski definition) is 6. The fraction of sp³-hybridized carbons (Fsp3) is 0.400. The lowest BCUT2D eigenvalue weighted by Crippen LogP contribution is -2.35. The van der Waals surface area contributed by atoms with Crippen molar-refractivity contribution < 1.29 is 19.2 Å². The summed E-state index contributed by atoms with van der Waals surface area (Å²) in [6.45, 7) is 3.79. The fourth-order valence-electron chi connectivity index (χ4n) is 3.83. The van der Waals surface area contributed by atoms with Gasteiger partial charge in [-0.2, -0.15) is 0 Å². The number of ketones is 1. The second-order valence-electron chi connectivity index (χ2n) is 6.51. The largest absolute Gasteiger partial charge is 0.463 e. The minimum absolute atomic E-state index is 0.0798. The van der Waals surface area contributed by atoms with Crippen LogP contribution in [0.15, 0.2) is 46.8 Å². The Morgan fingerprint density at radius 2 is 2.04 bits per heavy atom. The zero-order valence-electron chi connectivity index (χ0n) is 15.4. The number of carbonyl (C=O) groups excluding carboxylic acids is 2. The lowest BCUT2D eigenvalue weighted by molar-refractivity contribution is -0.385. The Morgan fingerprint density at radius 3 is 2.70 bits per heavy atom. The first-order chi connectivity index (χ1) is 13.0. The molecular weight excluding hydrogens is 348 g/mol. The van der Waals surface area contributed by atoms with Crippen molar-refractivity contribution in [3.63, 3.8) is 0 Å². The van der Waals surface area contributed by atoms with Crippen molar-refractivity contribution in [3.05, 3.63) is 62.5 Å². The average Bonchev–Trinajstić information content (AvgIpc) is 2.66. The van der Waals surface area contributed by atoms with Crippen LogP contribution in [0.4, 0.5) is 5.69 Å². The zero-order chi connectivity index (χ0) is 19.6. The van der Waals surface area contributed by atoms with E-state index in [0.29, 0.717) is 41.7 Å². The van der Waals surface area contributed by atoms with E-state index in [1.54, 1.807) is 25.1 Å². The standard InChI is InChI=1S/C20H22N2O5/c1-3-13-19(20(24)27-4-2)17(12-8-5-6-10-15(12)22(25)26)18-14(21-13)9-7-11-16(18)23/h5-6,8,10,17,21H,3-4,7,9,11H2,1-2H3. The van der Waals surface area contributed by atoms with E-state index in [9.17, 15) is 19.7 Å². The predicted molar refractivity (Wildman–Crippen MR) is 98.8 cm³/mol. The average molecular weight is 370 g/mol. The third kappa shape index (κ3) is 3.37. The molecule has 0 bridgehead atoms. The maximum Gasteiger partial charge on any atom is 0.336 e. The molecule has 1 atom stereocenters. The number of benzene rings is 1. The third-order valence-electron chi connectivity index (χ3n) is 4.95. The Morgan fingerprint density at radius 1 is 1.30 bits per heavy atom. The second kappa shape index (κ2) is 7.73. The highest BCUT2D eigenvalue weighted by molar-refractivity contribution is 6.04. The fourth-order valence-corrected chi connectivity index (χ4v) is 3.83. The van der Waals surface area contributed by atoms with Crippen molar-refractivity contribution in [1.82, 2.24) is 5.32 Å². The van der Waals surface area contributed by atoms with Gasteiger partial charge in [-0.15, -0.1) is 0 Å². The Hall–Kier alpha value is -2.96. The van der Waals surface area contributed by atoms with Gasteiger partial charge in [0.15, 0.2) is 5.78 Å². The van der Waals surface area contributed by atoms with Crippen LogP contribution in [0.1, 0.15) is 51.0 Å². The summed E-state index contributed by atoms with van der Waals surface area (Å²) in [6.07, 6.45) is 2.29. The van der Waals surface area contributed by atoms with Gasteiger partial charge in [0, 0.05) is 35.0 Å². The molecule has 1 N–H and O–H groups in total. The minimum atomic E-state index is -0.787. The molecule has 0 saturated carbocycles. The van der Waals surface area contributed by atoms with E-state index in [4.69, 9.17) is 4.74 Å². The van der Waals surface area contributed by atoms with Gasteiger partial charge in [0.05, 0.1) is 23.0 Å². The number of nitrogens with zero attached hydrogens (tertiary/aromatic N) is 1. The molecule has 1 aliphatic carbocycles. The highest BCUT2D eigenvalue weighted by Gasteiger charge is 2.41. The number of nitro groups is 1. The molecule has 0 fully saturated rings. The van der Waals surface area contributed by atoms with Gasteiger partial charge in [0.1, 0.15) is 0 Å². The molecule has 7 heteroatoms. The summed E-state index contributed by atoms with van der Waals surface area (Å²) in [5, 5.41) is 14.9. The van der Waals surface area contributed by atoms with Crippen molar-refractivity contribution in [2.75, 3.05) is 6.61 Å². The molecule has 0 radical (unpaired) electrons. The number of Topliss-reactive ketones (excluding diaryl/α,β-unsaturated/α-hetero) is 1. The SMILES string of the molecule is CCOC(=O)C1=C(CC)NC2=C(C(=O)CCC2)C1c1ccccc1[N+](=O)[O-]. The normalized spacial score (nSPS) is 19.5. The van der Waals surface area contributed by atoms with Crippen LogP contribution in [0.2, 0.25) is 0 Å². The highest BCUT2D eigenvalue weighted by Crippen LogP contribution is 2.45. The van der Waals surface area contributed by atoms with Gasteiger partial charge in [0.25, 0.3) is 5.69 Å². The maximum absolute atomic E-state index is 12.8. The summed E-state index contributed by atoms with van der Waals surface area (Å²) in [7, 11) is 0. The van der Waals surface area contributed by atoms with Crippen molar-refractivity contribution >= 4 is 17.4 Å². The molecule has 2 aliphatic rings. The molecule has 1 aliphatic heterocycles. The number of para-hydroxylation sites is 1. The number of carbonyl (C=O) groups is 2. The van der Waals surface area contributed by atoms with Crippen LogP contribution < -0.4 is 5.32 Å². The quantitative estimate of drug-likeness (QED) is 0.484. The number of rotatable bonds is 5. The van der Waals surface area contributed by atoms with Gasteiger partial charge in [-0.25, -0.2) is 4.79 Å². The van der Waals surface area contributed by atoms with E-state index in [1.807, 2.05) is 6.92 Å². The van der Waals surface area contributed by atoms with Gasteiger partial charge in [-0.05, 0) is 26.2 Å². The summed E-state index contributed by atoms with van der Waals surface area (Å²) in [6, 6.07) is 6.29. The molecule has 1 aromatic carbocycles. The van der Waals surface area contributed by atoms with Crippen molar-refractivity contribution in [2.45, 2.75) is 45.4 Å². The topological polar surface area (TPSA) is 98.5 Å². The first kappa shape index (κ1) is 18.8. The monoisotopic (exact) mass is 370 g/mol. The number of nitro benzene ring substituents is 1. The van der Waals surface area contributed by atoms with Crippen LogP contribution in [0.3, 0.4) is 0 Å². The summed E-state index contributed by atoms with van der Waals surface area (Å²) >= 11 is 0. The van der Waals surface area contributed by atoms with Crippen molar-refractivity contribution in [3.8, 4) is 0 Å². The van der Waals surface area contributed by atoms with Crippen LogP contribution in [0.25, 0.3) is 0 Å². The van der Waals surface area contributed by atoms with Crippen LogP contribution in [-0.4, -0.2) is 23.3 Å². The second-order valence-corrected chi connectivity index (χ2v) is 6.51. The van der Waals surface area contributed by atoms with E-state index in [0.717, 1.165) is 12.1 Å². The number of dihydropyridines is 1. The lowest BCUT2D eigenvalue weighted by Gasteiger charge is -2.34. The molecule has 3 rings (SSSR count). The number of nitrogens with one attached hydrogen (secondary N) is 1. The number of esters is 1. The molecule has 7 nitrogen and oxygen atoms in total. The summed E-state index contributed by atoms with van der Waals surface area (Å²) in [4.78, 5) is 36.7. The molecule has 1 heterocycles. The van der Waals surface area contributed by atoms with Crippen LogP contribution >= 0.6 is 0 Å². The highest BCUT2D eigenvalue weighted by atomic mass is 16.6. The van der Waals surface area contributed by atoms with Crippen molar-refractivity contribution in [1.29, 1.82) is 0 Å². The molecule has 142 valence electrons. The van der Waals surface area contributed by atoms with Crippen LogP contribution in [0.5, 0.6) is 0 Å². The van der Waals surface area contributed by atoms with Gasteiger partial charge in [-0.1, -0.05) is 25.1 Å². The van der Waals surface area contributed by atoms with E-state index >= 15 is 0 Å². The smallest absolute Gasteiger partial charge is 0.336 e. The first-order valence-electron chi connectivity index (χ1n) is 9.16. The Labute approximate surface area is 157 Å². The Bertz CT molecular complexity index is 869. The molecule has 0 saturated heterocycles. The summed E-state index contributed by atoms with van der Waals surface area (Å²) < 4.78 is 5.24. The lowest BCUT2D eigenvalue weighted by atomic mass is 9.74. The Balaban J connectivity index is 2.27. The van der Waals surface area contributed by atoms with Crippen LogP contribution in [0, 0.1) is 10.1 Å². The molecule has 0 spiro atoms. The summed E-state index contributed by atoms with van der Waals surface area (Å²) in [5.41, 5.74) is 2.41. The number of allylic oxidation sites excluding steroid dienone is 3. The number of ether oxygens (including phenoxy) is 1. The molecule has 1 unspecified atom stereocenters. The first-order valence-corrected chi connectivity index (χ1v) is 9.16. The summed E-state index contributed by atoms with van der Waals surface area (Å²) in [5.74, 6) is -1.41. The van der Waals surface area contributed by atoms with E-state index in [2.05, 4.69) is 5.32 Å². The van der Waals surface area contributed by atoms with Gasteiger partial charge >= 0.3 is 5.97 Å². The minimum Gasteiger partial charge on any atom is -0.463 e. The van der Waals surface area contributed by atoms with Gasteiger partial charge in [-0.3, -0.25) is 14.9 Å². The predicted octanol–water partition coefficient (Wildman–Crippen LogP) is 3.52. The number of hydrogen-bond donors (Lipinski definition) is 1. The molecular formula is C20H22N2O5. The molecule has 1 aromatic rings. The maximum atomic E-state index is 12.8. The van der Waals surface area contributed by atoms with E-state index < -0.39 is 16.8 Å². The van der Waals surface area contributed by atoms with Crippen molar-refractivity contribution in [2.24, 2.45) is 0 Å². The molecule has 0 amide bonds. The van der Waals surface area contributed by atoms with Gasteiger partial charge in [0.2, 0.25) is 0 Å². The van der Waals surface area contributed by atoms with E-state index in [1.165, 1.54) is 6.07 Å². The van der Waals surface area contributed by atoms with E-state index in [-0.39, 0.29) is 18.1 Å². The molecule has 0 aromatic heterocycles.